The number of carboxylic acid groups (broad SMARTS) is 1. The normalized spacial score (nSPS) is 10.7. The first kappa shape index (κ1) is 14.5. The lowest BCUT2D eigenvalue weighted by atomic mass is 10.1. The zero-order valence-corrected chi connectivity index (χ0v) is 10.9. The molecule has 1 amide bonds. The van der Waals surface area contributed by atoms with Crippen LogP contribution in [0.4, 0.5) is 4.39 Å². The van der Waals surface area contributed by atoms with Gasteiger partial charge in [0.1, 0.15) is 5.82 Å². The van der Waals surface area contributed by atoms with Crippen LogP contribution < -0.4 is 5.32 Å². The van der Waals surface area contributed by atoms with E-state index in [1.807, 2.05) is 0 Å². The molecule has 0 unspecified atom stereocenters. The summed E-state index contributed by atoms with van der Waals surface area (Å²) in [5.74, 6) is -2.26. The van der Waals surface area contributed by atoms with Crippen LogP contribution in [0.15, 0.2) is 47.3 Å². The second kappa shape index (κ2) is 6.51. The van der Waals surface area contributed by atoms with Crippen molar-refractivity contribution in [3.05, 3.63) is 65.4 Å². The number of carbonyl (C=O) groups excluding carboxylic acids is 1. The fourth-order valence-corrected chi connectivity index (χ4v) is 1.64. The Labute approximate surface area is 119 Å². The third kappa shape index (κ3) is 4.04. The Bertz CT molecular complexity index is 677. The van der Waals surface area contributed by atoms with Gasteiger partial charge in [0.25, 0.3) is 5.91 Å². The summed E-state index contributed by atoms with van der Waals surface area (Å²) in [6.45, 7) is 0.275. The van der Waals surface area contributed by atoms with Crippen LogP contribution in [0, 0.1) is 5.82 Å². The van der Waals surface area contributed by atoms with Crippen molar-refractivity contribution in [2.24, 2.45) is 0 Å². The quantitative estimate of drug-likeness (QED) is 0.829. The number of amides is 1. The van der Waals surface area contributed by atoms with E-state index in [2.05, 4.69) is 5.32 Å². The van der Waals surface area contributed by atoms with E-state index in [0.717, 1.165) is 23.8 Å². The minimum atomic E-state index is -1.17. The molecule has 0 aliphatic carbocycles. The van der Waals surface area contributed by atoms with Gasteiger partial charge in [-0.2, -0.15) is 0 Å². The van der Waals surface area contributed by atoms with E-state index >= 15 is 0 Å². The van der Waals surface area contributed by atoms with E-state index in [1.165, 1.54) is 24.7 Å². The van der Waals surface area contributed by atoms with E-state index in [-0.39, 0.29) is 17.7 Å². The molecule has 2 N–H and O–H groups in total. The van der Waals surface area contributed by atoms with Crippen molar-refractivity contribution in [2.75, 3.05) is 0 Å². The topological polar surface area (TPSA) is 79.5 Å². The molecule has 2 aromatic rings. The van der Waals surface area contributed by atoms with Gasteiger partial charge in [-0.1, -0.05) is 6.07 Å². The average molecular weight is 289 g/mol. The molecule has 0 saturated carbocycles. The molecule has 1 heterocycles. The summed E-state index contributed by atoms with van der Waals surface area (Å²) < 4.78 is 18.6. The largest absolute Gasteiger partial charge is 0.478 e. The zero-order valence-electron chi connectivity index (χ0n) is 10.9. The number of hydrogen-bond donors (Lipinski definition) is 2. The predicted octanol–water partition coefficient (Wildman–Crippen LogP) is 2.45. The summed E-state index contributed by atoms with van der Waals surface area (Å²) in [5, 5.41) is 11.1. The fourth-order valence-electron chi connectivity index (χ4n) is 1.64. The first-order chi connectivity index (χ1) is 10.1. The summed E-state index contributed by atoms with van der Waals surface area (Å²) in [5.41, 5.74) is 1.05. The van der Waals surface area contributed by atoms with Crippen LogP contribution in [-0.2, 0) is 11.3 Å². The Morgan fingerprint density at radius 1 is 1.33 bits per heavy atom. The SMILES string of the molecule is O=C(O)/C=C/c1ccc(C(=O)NCc2ccoc2)cc1F. The zero-order chi connectivity index (χ0) is 15.2. The first-order valence-electron chi connectivity index (χ1n) is 6.06. The molecule has 5 nitrogen and oxygen atoms in total. The lowest BCUT2D eigenvalue weighted by molar-refractivity contribution is -0.131. The van der Waals surface area contributed by atoms with Crippen molar-refractivity contribution in [2.45, 2.75) is 6.54 Å². The molecule has 108 valence electrons. The Kier molecular flexibility index (Phi) is 4.50. The van der Waals surface area contributed by atoms with Gasteiger partial charge < -0.3 is 14.8 Å². The molecule has 2 rings (SSSR count). The van der Waals surface area contributed by atoms with Gasteiger partial charge in [0.05, 0.1) is 12.5 Å². The Hall–Kier alpha value is -2.89. The molecule has 1 aromatic carbocycles. The van der Waals surface area contributed by atoms with Crippen LogP contribution in [0.5, 0.6) is 0 Å². The maximum atomic E-state index is 13.7. The highest BCUT2D eigenvalue weighted by Gasteiger charge is 2.09. The fraction of sp³-hybridized carbons (Fsp3) is 0.0667. The number of rotatable bonds is 5. The Morgan fingerprint density at radius 3 is 2.76 bits per heavy atom. The van der Waals surface area contributed by atoms with Gasteiger partial charge >= 0.3 is 5.97 Å². The number of halogens is 1. The second-order valence-electron chi connectivity index (χ2n) is 4.22. The number of furan rings is 1. The number of benzene rings is 1. The number of carbonyl (C=O) groups is 2. The van der Waals surface area contributed by atoms with Gasteiger partial charge in [0, 0.05) is 29.3 Å². The predicted molar refractivity (Wildman–Crippen MR) is 72.9 cm³/mol. The molecule has 0 fully saturated rings. The monoisotopic (exact) mass is 289 g/mol. The standard InChI is InChI=1S/C15H12FNO4/c16-13-7-12(2-1-11(13)3-4-14(18)19)15(20)17-8-10-5-6-21-9-10/h1-7,9H,8H2,(H,17,20)(H,18,19)/b4-3+. The van der Waals surface area contributed by atoms with Gasteiger partial charge in [-0.25, -0.2) is 9.18 Å². The Balaban J connectivity index is 2.05. The van der Waals surface area contributed by atoms with Crippen LogP contribution in [0.3, 0.4) is 0 Å². The summed E-state index contributed by atoms with van der Waals surface area (Å²) in [7, 11) is 0. The van der Waals surface area contributed by atoms with Crippen LogP contribution in [-0.4, -0.2) is 17.0 Å². The molecule has 0 radical (unpaired) electrons. The molecular weight excluding hydrogens is 277 g/mol. The maximum Gasteiger partial charge on any atom is 0.328 e. The van der Waals surface area contributed by atoms with Crippen LogP contribution in [0.2, 0.25) is 0 Å². The molecule has 0 spiro atoms. The number of aliphatic carboxylic acids is 1. The molecule has 1 aromatic heterocycles. The van der Waals surface area contributed by atoms with Crippen molar-refractivity contribution >= 4 is 18.0 Å². The molecule has 0 atom stereocenters. The van der Waals surface area contributed by atoms with Crippen molar-refractivity contribution in [1.29, 1.82) is 0 Å². The second-order valence-corrected chi connectivity index (χ2v) is 4.22. The third-order valence-corrected chi connectivity index (χ3v) is 2.70. The van der Waals surface area contributed by atoms with Crippen LogP contribution in [0.1, 0.15) is 21.5 Å². The van der Waals surface area contributed by atoms with E-state index in [1.54, 1.807) is 6.07 Å². The molecule has 0 aliphatic rings. The molecule has 0 bridgehead atoms. The summed E-state index contributed by atoms with van der Waals surface area (Å²) in [6.07, 6.45) is 4.95. The first-order valence-corrected chi connectivity index (χ1v) is 6.06. The summed E-state index contributed by atoms with van der Waals surface area (Å²) >= 11 is 0. The highest BCUT2D eigenvalue weighted by molar-refractivity contribution is 5.94. The van der Waals surface area contributed by atoms with E-state index in [4.69, 9.17) is 9.52 Å². The summed E-state index contributed by atoms with van der Waals surface area (Å²) in [6, 6.07) is 5.55. The molecule has 0 saturated heterocycles. The lowest BCUT2D eigenvalue weighted by Gasteiger charge is -2.05. The number of nitrogens with one attached hydrogen (secondary N) is 1. The highest BCUT2D eigenvalue weighted by atomic mass is 19.1. The minimum Gasteiger partial charge on any atom is -0.478 e. The van der Waals surface area contributed by atoms with E-state index < -0.39 is 17.7 Å². The van der Waals surface area contributed by atoms with E-state index in [0.29, 0.717) is 0 Å². The average Bonchev–Trinajstić information content (AvgIpc) is 2.96. The highest BCUT2D eigenvalue weighted by Crippen LogP contribution is 2.12. The van der Waals surface area contributed by atoms with Gasteiger partial charge in [-0.05, 0) is 24.3 Å². The summed E-state index contributed by atoms with van der Waals surface area (Å²) in [4.78, 5) is 22.2. The van der Waals surface area contributed by atoms with Gasteiger partial charge in [-0.15, -0.1) is 0 Å². The molecule has 6 heteroatoms. The molecule has 0 aliphatic heterocycles. The van der Waals surface area contributed by atoms with Crippen molar-refractivity contribution in [1.82, 2.24) is 5.32 Å². The van der Waals surface area contributed by atoms with Crippen molar-refractivity contribution in [3.8, 4) is 0 Å². The van der Waals surface area contributed by atoms with Crippen LogP contribution in [0.25, 0.3) is 6.08 Å². The number of carboxylic acids is 1. The van der Waals surface area contributed by atoms with Crippen molar-refractivity contribution < 1.29 is 23.5 Å². The number of hydrogen-bond acceptors (Lipinski definition) is 3. The lowest BCUT2D eigenvalue weighted by Crippen LogP contribution is -2.22. The minimum absolute atomic E-state index is 0.101. The maximum absolute atomic E-state index is 13.7. The van der Waals surface area contributed by atoms with Gasteiger partial charge in [0.15, 0.2) is 0 Å². The molecule has 21 heavy (non-hydrogen) atoms. The third-order valence-electron chi connectivity index (χ3n) is 2.70. The van der Waals surface area contributed by atoms with Gasteiger partial charge in [0.2, 0.25) is 0 Å². The van der Waals surface area contributed by atoms with E-state index in [9.17, 15) is 14.0 Å². The van der Waals surface area contributed by atoms with Gasteiger partial charge in [-0.3, -0.25) is 4.79 Å². The van der Waals surface area contributed by atoms with Crippen LogP contribution >= 0.6 is 0 Å². The smallest absolute Gasteiger partial charge is 0.328 e. The Morgan fingerprint density at radius 2 is 2.14 bits per heavy atom. The van der Waals surface area contributed by atoms with Crippen molar-refractivity contribution in [3.63, 3.8) is 0 Å². The molecular formula is C15H12FNO4.